The van der Waals surface area contributed by atoms with Crippen molar-refractivity contribution < 1.29 is 22.0 Å². The van der Waals surface area contributed by atoms with Crippen LogP contribution >= 0.6 is 11.6 Å². The van der Waals surface area contributed by atoms with E-state index in [2.05, 4.69) is 5.32 Å². The minimum absolute atomic E-state index is 0.123. The van der Waals surface area contributed by atoms with Crippen LogP contribution in [0.1, 0.15) is 15.9 Å². The Hall–Kier alpha value is -1.21. The van der Waals surface area contributed by atoms with Crippen molar-refractivity contribution in [3.05, 3.63) is 34.9 Å². The third kappa shape index (κ3) is 2.93. The average molecular weight is 324 g/mol. The van der Waals surface area contributed by atoms with E-state index in [9.17, 15) is 22.0 Å². The van der Waals surface area contributed by atoms with E-state index in [1.165, 1.54) is 13.0 Å². The van der Waals surface area contributed by atoms with E-state index >= 15 is 0 Å². The molecule has 4 nitrogen and oxygen atoms in total. The summed E-state index contributed by atoms with van der Waals surface area (Å²) in [6.45, 7) is 1.40. The molecule has 1 aliphatic rings. The number of amides is 1. The quantitative estimate of drug-likeness (QED) is 0.837. The number of aryl methyl sites for hydroxylation is 1. The maximum Gasteiger partial charge on any atom is 0.257 e. The molecule has 0 aromatic heterocycles. The van der Waals surface area contributed by atoms with Crippen molar-refractivity contribution in [2.24, 2.45) is 0 Å². The van der Waals surface area contributed by atoms with Gasteiger partial charge in [-0.25, -0.2) is 17.2 Å². The van der Waals surface area contributed by atoms with Gasteiger partial charge in [-0.3, -0.25) is 4.79 Å². The van der Waals surface area contributed by atoms with E-state index in [-0.39, 0.29) is 17.1 Å². The Morgan fingerprint density at radius 2 is 2.00 bits per heavy atom. The van der Waals surface area contributed by atoms with E-state index in [1.807, 2.05) is 0 Å². The van der Waals surface area contributed by atoms with Crippen LogP contribution in [0, 0.1) is 18.6 Å². The molecule has 2 rings (SSSR count). The summed E-state index contributed by atoms with van der Waals surface area (Å²) in [5, 5.41) is 1.47. The number of alkyl halides is 1. The summed E-state index contributed by atoms with van der Waals surface area (Å²) >= 11 is 5.82. The molecule has 0 bridgehead atoms. The highest BCUT2D eigenvalue weighted by molar-refractivity contribution is 7.91. The van der Waals surface area contributed by atoms with Gasteiger partial charge in [-0.05, 0) is 18.6 Å². The Bertz CT molecular complexity index is 663. The summed E-state index contributed by atoms with van der Waals surface area (Å²) in [7, 11) is -3.34. The van der Waals surface area contributed by atoms with Gasteiger partial charge in [-0.15, -0.1) is 11.6 Å². The first kappa shape index (κ1) is 15.2. The van der Waals surface area contributed by atoms with Crippen molar-refractivity contribution in [2.45, 2.75) is 18.3 Å². The molecule has 0 saturated carbocycles. The molecule has 8 heteroatoms. The fourth-order valence-electron chi connectivity index (χ4n) is 2.04. The number of sulfone groups is 1. The monoisotopic (exact) mass is 323 g/mol. The highest BCUT2D eigenvalue weighted by atomic mass is 35.5. The van der Waals surface area contributed by atoms with Crippen LogP contribution in [0.2, 0.25) is 0 Å². The van der Waals surface area contributed by atoms with E-state index in [0.717, 1.165) is 6.07 Å². The Morgan fingerprint density at radius 3 is 2.55 bits per heavy atom. The van der Waals surface area contributed by atoms with Gasteiger partial charge in [-0.1, -0.05) is 6.07 Å². The number of nitrogens with one attached hydrogen (secondary N) is 1. The number of hydrogen-bond donors (Lipinski definition) is 1. The lowest BCUT2D eigenvalue weighted by molar-refractivity contribution is 0.0933. The van der Waals surface area contributed by atoms with Crippen LogP contribution in [0.5, 0.6) is 0 Å². The molecule has 1 aliphatic heterocycles. The first-order valence-electron chi connectivity index (χ1n) is 5.81. The second-order valence-electron chi connectivity index (χ2n) is 4.73. The maximum absolute atomic E-state index is 13.8. The molecule has 1 saturated heterocycles. The number of halogens is 3. The molecule has 1 heterocycles. The Morgan fingerprint density at radius 1 is 1.35 bits per heavy atom. The molecule has 2 unspecified atom stereocenters. The first-order chi connectivity index (χ1) is 9.21. The van der Waals surface area contributed by atoms with Gasteiger partial charge in [0.2, 0.25) is 0 Å². The molecular weight excluding hydrogens is 312 g/mol. The molecule has 1 N–H and O–H groups in total. The molecule has 20 heavy (non-hydrogen) atoms. The number of hydrogen-bond acceptors (Lipinski definition) is 3. The van der Waals surface area contributed by atoms with Crippen LogP contribution in [-0.2, 0) is 9.84 Å². The lowest BCUT2D eigenvalue weighted by Crippen LogP contribution is -2.41. The van der Waals surface area contributed by atoms with Gasteiger partial charge in [0.25, 0.3) is 5.91 Å². The molecule has 1 amide bonds. The van der Waals surface area contributed by atoms with Gasteiger partial charge in [0.05, 0.1) is 22.9 Å². The smallest absolute Gasteiger partial charge is 0.257 e. The summed E-state index contributed by atoms with van der Waals surface area (Å²) in [6.07, 6.45) is 0. The van der Waals surface area contributed by atoms with Crippen molar-refractivity contribution in [1.82, 2.24) is 5.32 Å². The van der Waals surface area contributed by atoms with Crippen LogP contribution in [0.3, 0.4) is 0 Å². The van der Waals surface area contributed by atoms with Crippen molar-refractivity contribution in [3.8, 4) is 0 Å². The number of rotatable bonds is 2. The highest BCUT2D eigenvalue weighted by Crippen LogP contribution is 2.20. The van der Waals surface area contributed by atoms with Gasteiger partial charge >= 0.3 is 0 Å². The summed E-state index contributed by atoms with van der Waals surface area (Å²) in [6, 6.07) is 1.34. The maximum atomic E-state index is 13.8. The molecular formula is C12H12ClF2NO3S. The lowest BCUT2D eigenvalue weighted by Gasteiger charge is -2.15. The summed E-state index contributed by atoms with van der Waals surface area (Å²) in [5.74, 6) is -3.57. The minimum Gasteiger partial charge on any atom is -0.347 e. The predicted octanol–water partition coefficient (Wildman–Crippen LogP) is 1.41. The summed E-state index contributed by atoms with van der Waals surface area (Å²) in [4.78, 5) is 11.9. The van der Waals surface area contributed by atoms with E-state index in [1.54, 1.807) is 0 Å². The molecule has 1 aromatic carbocycles. The average Bonchev–Trinajstić information content (AvgIpc) is 2.57. The molecule has 1 aromatic rings. The van der Waals surface area contributed by atoms with Gasteiger partial charge in [-0.2, -0.15) is 0 Å². The minimum atomic E-state index is -3.34. The largest absolute Gasteiger partial charge is 0.347 e. The fraction of sp³-hybridized carbons (Fsp3) is 0.417. The summed E-state index contributed by atoms with van der Waals surface area (Å²) < 4.78 is 50.1. The van der Waals surface area contributed by atoms with E-state index < -0.39 is 44.4 Å². The van der Waals surface area contributed by atoms with Gasteiger partial charge in [0.1, 0.15) is 17.2 Å². The number of carbonyl (C=O) groups excluding carboxylic acids is 1. The first-order valence-corrected chi connectivity index (χ1v) is 8.07. The molecule has 1 fully saturated rings. The Labute approximate surface area is 120 Å². The molecule has 0 spiro atoms. The summed E-state index contributed by atoms with van der Waals surface area (Å²) in [5.41, 5.74) is -0.601. The molecule has 110 valence electrons. The third-order valence-corrected chi connectivity index (χ3v) is 5.49. The van der Waals surface area contributed by atoms with Crippen LogP contribution < -0.4 is 5.32 Å². The zero-order valence-electron chi connectivity index (χ0n) is 10.5. The zero-order valence-corrected chi connectivity index (χ0v) is 12.1. The number of carbonyl (C=O) groups is 1. The second kappa shape index (κ2) is 5.29. The Kier molecular flexibility index (Phi) is 4.02. The zero-order chi connectivity index (χ0) is 15.1. The van der Waals surface area contributed by atoms with Gasteiger partial charge < -0.3 is 5.32 Å². The standard InChI is InChI=1S/C12H12ClF2NO3S/c1-6-2-3-8(14)10(11(6)15)12(17)16-9-5-20(18,19)4-7(9)13/h2-3,7,9H,4-5H2,1H3,(H,16,17). The Balaban J connectivity index is 2.24. The van der Waals surface area contributed by atoms with Crippen LogP contribution in [-0.4, -0.2) is 37.2 Å². The fourth-order valence-corrected chi connectivity index (χ4v) is 4.59. The van der Waals surface area contributed by atoms with Crippen molar-refractivity contribution in [3.63, 3.8) is 0 Å². The van der Waals surface area contributed by atoms with Gasteiger partial charge in [0, 0.05) is 0 Å². The molecule has 2 atom stereocenters. The van der Waals surface area contributed by atoms with E-state index in [4.69, 9.17) is 11.6 Å². The second-order valence-corrected chi connectivity index (χ2v) is 7.44. The predicted molar refractivity (Wildman–Crippen MR) is 70.6 cm³/mol. The SMILES string of the molecule is Cc1ccc(F)c(C(=O)NC2CS(=O)(=O)CC2Cl)c1F. The van der Waals surface area contributed by atoms with Crippen LogP contribution in [0.15, 0.2) is 12.1 Å². The van der Waals surface area contributed by atoms with Gasteiger partial charge in [0.15, 0.2) is 9.84 Å². The molecule has 0 aliphatic carbocycles. The van der Waals surface area contributed by atoms with Crippen LogP contribution in [0.4, 0.5) is 8.78 Å². The van der Waals surface area contributed by atoms with Crippen molar-refractivity contribution in [2.75, 3.05) is 11.5 Å². The topological polar surface area (TPSA) is 63.2 Å². The normalized spacial score (nSPS) is 24.6. The lowest BCUT2D eigenvalue weighted by atomic mass is 10.1. The van der Waals surface area contributed by atoms with E-state index in [0.29, 0.717) is 0 Å². The van der Waals surface area contributed by atoms with Crippen molar-refractivity contribution >= 4 is 27.3 Å². The highest BCUT2D eigenvalue weighted by Gasteiger charge is 2.38. The number of benzene rings is 1. The third-order valence-electron chi connectivity index (χ3n) is 3.11. The van der Waals surface area contributed by atoms with Crippen molar-refractivity contribution in [1.29, 1.82) is 0 Å². The van der Waals surface area contributed by atoms with Crippen LogP contribution in [0.25, 0.3) is 0 Å². The molecule has 0 radical (unpaired) electrons.